The van der Waals surface area contributed by atoms with Crippen LogP contribution in [0.2, 0.25) is 0 Å². The van der Waals surface area contributed by atoms with E-state index >= 15 is 0 Å². The van der Waals surface area contributed by atoms with Crippen LogP contribution in [0.3, 0.4) is 0 Å². The van der Waals surface area contributed by atoms with Crippen LogP contribution in [0.25, 0.3) is 0 Å². The van der Waals surface area contributed by atoms with Gasteiger partial charge >= 0.3 is 5.97 Å². The van der Waals surface area contributed by atoms with Crippen molar-refractivity contribution >= 4 is 12.3 Å². The van der Waals surface area contributed by atoms with Crippen molar-refractivity contribution in [2.24, 2.45) is 0 Å². The number of aliphatic carboxylic acids is 1. The first-order valence-electron chi connectivity index (χ1n) is 2.81. The summed E-state index contributed by atoms with van der Waals surface area (Å²) in [5.74, 6) is -1.45. The van der Waals surface area contributed by atoms with Gasteiger partial charge in [0.1, 0.15) is 6.29 Å². The van der Waals surface area contributed by atoms with Gasteiger partial charge in [0.25, 0.3) is 0 Å². The summed E-state index contributed by atoms with van der Waals surface area (Å²) in [6, 6.07) is 0. The Morgan fingerprint density at radius 1 is 1.45 bits per heavy atom. The molecule has 4 nitrogen and oxygen atoms in total. The lowest BCUT2D eigenvalue weighted by molar-refractivity contribution is -0.131. The summed E-state index contributed by atoms with van der Waals surface area (Å²) in [5.41, 5.74) is -0.00926. The van der Waals surface area contributed by atoms with Crippen molar-refractivity contribution in [1.82, 2.24) is 0 Å². The van der Waals surface area contributed by atoms with Gasteiger partial charge in [-0.15, -0.1) is 0 Å². The number of allylic oxidation sites excluding steroid dienone is 1. The lowest BCUT2D eigenvalue weighted by Gasteiger charge is -1.94. The fourth-order valence-electron chi connectivity index (χ4n) is 0.521. The van der Waals surface area contributed by atoms with Crippen LogP contribution < -0.4 is 0 Å². The monoisotopic (exact) mass is 156 g/mol. The van der Waals surface area contributed by atoms with Crippen LogP contribution >= 0.6 is 0 Å². The van der Waals surface area contributed by atoms with E-state index < -0.39 is 5.97 Å². The lowest BCUT2D eigenvalue weighted by Crippen LogP contribution is -1.94. The molecule has 0 aromatic rings. The van der Waals surface area contributed by atoms with Gasteiger partial charge in [-0.2, -0.15) is 0 Å². The summed E-state index contributed by atoms with van der Waals surface area (Å²) >= 11 is 0. The minimum absolute atomic E-state index is 0.00926. The smallest absolute Gasteiger partial charge is 0.328 e. The van der Waals surface area contributed by atoms with E-state index in [-0.39, 0.29) is 17.8 Å². The SMILES string of the molecule is C=C(O)C/C(C=O)=C/C(=O)O. The predicted octanol–water partition coefficient (Wildman–Crippen LogP) is 0.658. The number of carbonyl (C=O) groups is 2. The van der Waals surface area contributed by atoms with Crippen molar-refractivity contribution in [3.63, 3.8) is 0 Å². The zero-order chi connectivity index (χ0) is 8.85. The minimum Gasteiger partial charge on any atom is -0.513 e. The first-order chi connectivity index (χ1) is 5.06. The van der Waals surface area contributed by atoms with Crippen LogP contribution in [-0.4, -0.2) is 22.5 Å². The maximum Gasteiger partial charge on any atom is 0.328 e. The van der Waals surface area contributed by atoms with Gasteiger partial charge in [0.05, 0.1) is 5.76 Å². The highest BCUT2D eigenvalue weighted by Crippen LogP contribution is 2.03. The molecule has 0 radical (unpaired) electrons. The maximum absolute atomic E-state index is 10.1. The number of rotatable bonds is 4. The molecular formula is C7H8O4. The second-order valence-electron chi connectivity index (χ2n) is 1.92. The van der Waals surface area contributed by atoms with Crippen LogP contribution in [0, 0.1) is 0 Å². The summed E-state index contributed by atoms with van der Waals surface area (Å²) in [7, 11) is 0. The fraction of sp³-hybridized carbons (Fsp3) is 0.143. The van der Waals surface area contributed by atoms with Crippen molar-refractivity contribution in [3.8, 4) is 0 Å². The molecule has 0 aliphatic heterocycles. The number of carboxylic acids is 1. The molecule has 0 saturated heterocycles. The Balaban J connectivity index is 4.28. The van der Waals surface area contributed by atoms with Gasteiger partial charge < -0.3 is 10.2 Å². The quantitative estimate of drug-likeness (QED) is 0.356. The molecule has 0 bridgehead atoms. The third-order valence-corrected chi connectivity index (χ3v) is 0.868. The Morgan fingerprint density at radius 3 is 2.27 bits per heavy atom. The van der Waals surface area contributed by atoms with Crippen LogP contribution in [0.15, 0.2) is 24.0 Å². The van der Waals surface area contributed by atoms with Gasteiger partial charge in [0.15, 0.2) is 0 Å². The maximum atomic E-state index is 10.1. The Labute approximate surface area is 63.5 Å². The summed E-state index contributed by atoms with van der Waals surface area (Å²) < 4.78 is 0. The highest BCUT2D eigenvalue weighted by atomic mass is 16.4. The highest BCUT2D eigenvalue weighted by molar-refractivity contribution is 5.88. The Hall–Kier alpha value is -1.58. The van der Waals surface area contributed by atoms with E-state index in [0.29, 0.717) is 6.29 Å². The van der Waals surface area contributed by atoms with Crippen molar-refractivity contribution < 1.29 is 19.8 Å². The molecule has 0 saturated carbocycles. The average molecular weight is 156 g/mol. The molecule has 0 unspecified atom stereocenters. The van der Waals surface area contributed by atoms with Gasteiger partial charge in [-0.25, -0.2) is 4.79 Å². The van der Waals surface area contributed by atoms with Crippen molar-refractivity contribution in [3.05, 3.63) is 24.0 Å². The number of carboxylic acid groups (broad SMARTS) is 1. The summed E-state index contributed by atoms with van der Waals surface area (Å²) in [5, 5.41) is 16.8. The second-order valence-corrected chi connectivity index (χ2v) is 1.92. The second kappa shape index (κ2) is 4.27. The topological polar surface area (TPSA) is 74.6 Å². The molecule has 0 aliphatic carbocycles. The van der Waals surface area contributed by atoms with Crippen LogP contribution in [0.1, 0.15) is 6.42 Å². The van der Waals surface area contributed by atoms with Crippen LogP contribution in [0.5, 0.6) is 0 Å². The number of aldehydes is 1. The third kappa shape index (κ3) is 4.90. The van der Waals surface area contributed by atoms with Crippen molar-refractivity contribution in [2.75, 3.05) is 0 Å². The van der Waals surface area contributed by atoms with E-state index in [0.717, 1.165) is 6.08 Å². The zero-order valence-corrected chi connectivity index (χ0v) is 5.78. The first kappa shape index (κ1) is 9.42. The largest absolute Gasteiger partial charge is 0.513 e. The molecule has 0 aromatic carbocycles. The Bertz CT molecular complexity index is 214. The molecule has 0 fully saturated rings. The predicted molar refractivity (Wildman–Crippen MR) is 38.2 cm³/mol. The zero-order valence-electron chi connectivity index (χ0n) is 5.78. The lowest BCUT2D eigenvalue weighted by atomic mass is 10.2. The van der Waals surface area contributed by atoms with E-state index in [2.05, 4.69) is 6.58 Å². The van der Waals surface area contributed by atoms with E-state index in [1.54, 1.807) is 0 Å². The number of hydrogen-bond acceptors (Lipinski definition) is 3. The molecule has 2 N–H and O–H groups in total. The Kier molecular flexibility index (Phi) is 3.66. The highest BCUT2D eigenvalue weighted by Gasteiger charge is 1.99. The normalized spacial score (nSPS) is 10.7. The fourth-order valence-corrected chi connectivity index (χ4v) is 0.521. The first-order valence-corrected chi connectivity index (χ1v) is 2.81. The van der Waals surface area contributed by atoms with E-state index in [1.807, 2.05) is 0 Å². The molecule has 0 aromatic heterocycles. The summed E-state index contributed by atoms with van der Waals surface area (Å²) in [6.45, 7) is 3.11. The van der Waals surface area contributed by atoms with E-state index in [9.17, 15) is 9.59 Å². The molecule has 0 spiro atoms. The molecule has 4 heteroatoms. The standard InChI is InChI=1S/C7H8O4/c1-5(9)2-6(4-8)3-7(10)11/h3-4,9H,1-2H2,(H,10,11)/b6-3-. The van der Waals surface area contributed by atoms with Crippen LogP contribution in [-0.2, 0) is 9.59 Å². The van der Waals surface area contributed by atoms with E-state index in [4.69, 9.17) is 10.2 Å². The average Bonchev–Trinajstić information content (AvgIpc) is 1.84. The minimum atomic E-state index is -1.21. The molecule has 0 atom stereocenters. The van der Waals surface area contributed by atoms with Gasteiger partial charge in [0, 0.05) is 18.1 Å². The van der Waals surface area contributed by atoms with Gasteiger partial charge in [-0.3, -0.25) is 4.79 Å². The van der Waals surface area contributed by atoms with Crippen LogP contribution in [0.4, 0.5) is 0 Å². The van der Waals surface area contributed by atoms with Gasteiger partial charge in [-0.05, 0) is 0 Å². The van der Waals surface area contributed by atoms with E-state index in [1.165, 1.54) is 0 Å². The Morgan fingerprint density at radius 2 is 2.00 bits per heavy atom. The molecule has 11 heavy (non-hydrogen) atoms. The van der Waals surface area contributed by atoms with Gasteiger partial charge in [0.2, 0.25) is 0 Å². The van der Waals surface area contributed by atoms with Crippen molar-refractivity contribution in [2.45, 2.75) is 6.42 Å². The summed E-state index contributed by atoms with van der Waals surface area (Å²) in [6.07, 6.45) is 0.986. The third-order valence-electron chi connectivity index (χ3n) is 0.868. The molecule has 0 amide bonds. The molecular weight excluding hydrogens is 148 g/mol. The number of carbonyl (C=O) groups excluding carboxylic acids is 1. The van der Waals surface area contributed by atoms with Gasteiger partial charge in [-0.1, -0.05) is 6.58 Å². The summed E-state index contributed by atoms with van der Waals surface area (Å²) in [4.78, 5) is 20.1. The molecule has 0 heterocycles. The molecule has 0 rings (SSSR count). The number of aliphatic hydroxyl groups excluding tert-OH is 1. The number of hydrogen-bond donors (Lipinski definition) is 2. The molecule has 60 valence electrons. The molecule has 0 aliphatic rings. The number of aliphatic hydroxyl groups is 1. The van der Waals surface area contributed by atoms with Crippen molar-refractivity contribution in [1.29, 1.82) is 0 Å².